The maximum Gasteiger partial charge on any atom is 0.229 e. The van der Waals surface area contributed by atoms with Crippen LogP contribution in [-0.4, -0.2) is 73.1 Å². The molecule has 170 valence electrons. The number of aromatic hydroxyl groups is 3. The molecule has 0 spiro atoms. The number of ether oxygens (including phenoxy) is 2. The molecule has 11 nitrogen and oxygen atoms in total. The Kier molecular flexibility index (Phi) is 5.67. The van der Waals surface area contributed by atoms with Gasteiger partial charge >= 0.3 is 0 Å². The number of aliphatic hydroxyl groups is 4. The molecular formula is C21H20O11. The second-order valence-corrected chi connectivity index (χ2v) is 7.31. The first-order valence-electron chi connectivity index (χ1n) is 9.50. The summed E-state index contributed by atoms with van der Waals surface area (Å²) in [7, 11) is 0. The van der Waals surface area contributed by atoms with Crippen LogP contribution < -0.4 is 10.2 Å². The Balaban J connectivity index is 1.72. The summed E-state index contributed by atoms with van der Waals surface area (Å²) >= 11 is 0. The van der Waals surface area contributed by atoms with E-state index >= 15 is 0 Å². The Morgan fingerprint density at radius 2 is 1.62 bits per heavy atom. The van der Waals surface area contributed by atoms with Crippen LogP contribution in [0.25, 0.3) is 22.3 Å². The van der Waals surface area contributed by atoms with Gasteiger partial charge in [-0.25, -0.2) is 0 Å². The van der Waals surface area contributed by atoms with Crippen LogP contribution in [0.3, 0.4) is 0 Å². The standard InChI is InChI=1S/C21H20O11/c22-7-16-18(27)19(28)20(29)21(32-16)30-9-4-12(25)17-13(26)6-14(31-15(17)5-9)8-1-2-10(23)11(24)3-8/h1-6,16,18-25,27-29H,7H2/t16-,18+,19+,20-,21?/m1/s1. The van der Waals surface area contributed by atoms with Crippen LogP contribution in [0.2, 0.25) is 0 Å². The van der Waals surface area contributed by atoms with Crippen molar-refractivity contribution >= 4 is 11.0 Å². The van der Waals surface area contributed by atoms with E-state index in [1.165, 1.54) is 24.3 Å². The van der Waals surface area contributed by atoms with Crippen LogP contribution in [0.4, 0.5) is 0 Å². The zero-order chi connectivity index (χ0) is 23.2. The molecule has 0 bridgehead atoms. The smallest absolute Gasteiger partial charge is 0.229 e. The van der Waals surface area contributed by atoms with Crippen molar-refractivity contribution in [3.8, 4) is 34.3 Å². The fourth-order valence-electron chi connectivity index (χ4n) is 3.43. The Morgan fingerprint density at radius 1 is 0.875 bits per heavy atom. The number of aliphatic hydroxyl groups excluding tert-OH is 4. The monoisotopic (exact) mass is 448 g/mol. The van der Waals surface area contributed by atoms with Gasteiger partial charge in [-0.05, 0) is 18.2 Å². The average molecular weight is 448 g/mol. The van der Waals surface area contributed by atoms with Crippen LogP contribution in [-0.2, 0) is 4.74 Å². The van der Waals surface area contributed by atoms with E-state index in [0.717, 1.165) is 12.1 Å². The minimum Gasteiger partial charge on any atom is -0.507 e. The molecule has 1 aliphatic heterocycles. The van der Waals surface area contributed by atoms with E-state index in [-0.39, 0.29) is 33.8 Å². The highest BCUT2D eigenvalue weighted by molar-refractivity contribution is 5.86. The first kappa shape index (κ1) is 21.9. The Hall–Kier alpha value is -3.35. The second-order valence-electron chi connectivity index (χ2n) is 7.31. The minimum atomic E-state index is -1.68. The molecule has 4 rings (SSSR count). The van der Waals surface area contributed by atoms with Crippen LogP contribution >= 0.6 is 0 Å². The summed E-state index contributed by atoms with van der Waals surface area (Å²) in [5.74, 6) is -1.34. The lowest BCUT2D eigenvalue weighted by atomic mass is 9.99. The number of rotatable bonds is 4. The molecule has 1 aromatic heterocycles. The van der Waals surface area contributed by atoms with Crippen molar-refractivity contribution in [3.05, 3.63) is 46.6 Å². The molecule has 1 saturated heterocycles. The van der Waals surface area contributed by atoms with Gasteiger partial charge in [0.2, 0.25) is 6.29 Å². The molecule has 0 amide bonds. The lowest BCUT2D eigenvalue weighted by molar-refractivity contribution is -0.277. The van der Waals surface area contributed by atoms with E-state index in [0.29, 0.717) is 0 Å². The van der Waals surface area contributed by atoms with E-state index in [1.807, 2.05) is 0 Å². The zero-order valence-electron chi connectivity index (χ0n) is 16.3. The molecule has 3 aromatic rings. The summed E-state index contributed by atoms with van der Waals surface area (Å²) in [6.45, 7) is -0.647. The lowest BCUT2D eigenvalue weighted by Gasteiger charge is -2.39. The van der Waals surface area contributed by atoms with E-state index in [9.17, 15) is 40.5 Å². The van der Waals surface area contributed by atoms with Gasteiger partial charge in [-0.3, -0.25) is 4.79 Å². The van der Waals surface area contributed by atoms with Gasteiger partial charge < -0.3 is 49.6 Å². The molecule has 0 radical (unpaired) electrons. The maximum atomic E-state index is 12.5. The number of hydrogen-bond acceptors (Lipinski definition) is 11. The lowest BCUT2D eigenvalue weighted by Crippen LogP contribution is -2.60. The molecule has 0 aliphatic carbocycles. The number of hydrogen-bond donors (Lipinski definition) is 7. The topological polar surface area (TPSA) is 190 Å². The van der Waals surface area contributed by atoms with E-state index in [4.69, 9.17) is 13.9 Å². The predicted octanol–water partition coefficient (Wildman–Crippen LogP) is -0.245. The first-order valence-corrected chi connectivity index (χ1v) is 9.50. The van der Waals surface area contributed by atoms with Crippen LogP contribution in [0, 0.1) is 0 Å². The normalized spacial score (nSPS) is 25.7. The number of phenolic OH excluding ortho intramolecular Hbond substituents is 3. The Labute approximate surface area is 179 Å². The molecule has 1 fully saturated rings. The highest BCUT2D eigenvalue weighted by Gasteiger charge is 2.44. The zero-order valence-corrected chi connectivity index (χ0v) is 16.3. The number of phenols is 3. The van der Waals surface area contributed by atoms with Crippen LogP contribution in [0.5, 0.6) is 23.0 Å². The summed E-state index contributed by atoms with van der Waals surface area (Å²) < 4.78 is 16.4. The van der Waals surface area contributed by atoms with Gasteiger partial charge in [0, 0.05) is 23.8 Å². The van der Waals surface area contributed by atoms with Crippen molar-refractivity contribution in [2.75, 3.05) is 6.61 Å². The van der Waals surface area contributed by atoms with Crippen LogP contribution in [0.1, 0.15) is 0 Å². The third-order valence-electron chi connectivity index (χ3n) is 5.14. The predicted molar refractivity (Wildman–Crippen MR) is 107 cm³/mol. The SMILES string of the molecule is O=c1cc(-c2ccc(O)c(O)c2)oc2cc(OC3O[C@H](CO)[C@H](O)[C@H](O)[C@H]3O)cc(O)c12. The van der Waals surface area contributed by atoms with Gasteiger partial charge in [0.15, 0.2) is 16.9 Å². The summed E-state index contributed by atoms with van der Waals surface area (Å²) in [5.41, 5.74) is -0.413. The van der Waals surface area contributed by atoms with E-state index in [1.54, 1.807) is 0 Å². The molecular weight excluding hydrogens is 428 g/mol. The summed E-state index contributed by atoms with van der Waals surface area (Å²) in [5, 5.41) is 68.5. The van der Waals surface area contributed by atoms with Crippen molar-refractivity contribution in [3.63, 3.8) is 0 Å². The van der Waals surface area contributed by atoms with Gasteiger partial charge in [0.25, 0.3) is 0 Å². The van der Waals surface area contributed by atoms with Crippen molar-refractivity contribution < 1.29 is 49.6 Å². The highest BCUT2D eigenvalue weighted by atomic mass is 16.7. The molecule has 1 unspecified atom stereocenters. The van der Waals surface area contributed by atoms with Crippen molar-refractivity contribution in [2.24, 2.45) is 0 Å². The molecule has 7 N–H and O–H groups in total. The van der Waals surface area contributed by atoms with Gasteiger partial charge in [0.05, 0.1) is 6.61 Å². The van der Waals surface area contributed by atoms with Gasteiger partial charge in [-0.1, -0.05) is 0 Å². The van der Waals surface area contributed by atoms with Gasteiger partial charge in [-0.15, -0.1) is 0 Å². The van der Waals surface area contributed by atoms with Crippen LogP contribution in [0.15, 0.2) is 45.6 Å². The van der Waals surface area contributed by atoms with Crippen molar-refractivity contribution in [1.82, 2.24) is 0 Å². The van der Waals surface area contributed by atoms with Gasteiger partial charge in [-0.2, -0.15) is 0 Å². The molecule has 32 heavy (non-hydrogen) atoms. The number of benzene rings is 2. The van der Waals surface area contributed by atoms with E-state index in [2.05, 4.69) is 0 Å². The quantitative estimate of drug-likeness (QED) is 0.261. The fourth-order valence-corrected chi connectivity index (χ4v) is 3.43. The summed E-state index contributed by atoms with van der Waals surface area (Å²) in [4.78, 5) is 12.5. The first-order chi connectivity index (χ1) is 15.2. The molecule has 0 saturated carbocycles. The van der Waals surface area contributed by atoms with Gasteiger partial charge in [0.1, 0.15) is 52.6 Å². The fraction of sp³-hybridized carbons (Fsp3) is 0.286. The van der Waals surface area contributed by atoms with E-state index < -0.39 is 54.2 Å². The third kappa shape index (κ3) is 3.83. The summed E-state index contributed by atoms with van der Waals surface area (Å²) in [6.07, 6.45) is -7.61. The van der Waals surface area contributed by atoms with Crippen molar-refractivity contribution in [2.45, 2.75) is 30.7 Å². The maximum absolute atomic E-state index is 12.5. The molecule has 5 atom stereocenters. The largest absolute Gasteiger partial charge is 0.507 e. The highest BCUT2D eigenvalue weighted by Crippen LogP contribution is 2.35. The summed E-state index contributed by atoms with van der Waals surface area (Å²) in [6, 6.07) is 7.23. The molecule has 2 aromatic carbocycles. The average Bonchev–Trinajstić information content (AvgIpc) is 2.75. The molecule has 11 heteroatoms. The Morgan fingerprint density at radius 3 is 2.31 bits per heavy atom. The second kappa shape index (κ2) is 8.30. The third-order valence-corrected chi connectivity index (χ3v) is 5.14. The Bertz CT molecular complexity index is 1200. The minimum absolute atomic E-state index is 0.0298. The molecule has 2 heterocycles. The number of fused-ring (bicyclic) bond motifs is 1. The van der Waals surface area contributed by atoms with Crippen molar-refractivity contribution in [1.29, 1.82) is 0 Å². The molecule has 1 aliphatic rings.